The summed E-state index contributed by atoms with van der Waals surface area (Å²) in [6.07, 6.45) is 9.79. The smallest absolute Gasteiger partial charge is 0.0613 e. The van der Waals surface area contributed by atoms with E-state index in [2.05, 4.69) is 256 Å². The van der Waals surface area contributed by atoms with E-state index in [0.717, 1.165) is 23.5 Å². The van der Waals surface area contributed by atoms with E-state index in [4.69, 9.17) is 0 Å². The van der Waals surface area contributed by atoms with Crippen molar-refractivity contribution < 1.29 is 0 Å². The van der Waals surface area contributed by atoms with Crippen molar-refractivity contribution in [3.8, 4) is 55.8 Å². The van der Waals surface area contributed by atoms with Crippen molar-refractivity contribution in [1.82, 2.24) is 4.40 Å². The van der Waals surface area contributed by atoms with Gasteiger partial charge in [-0.1, -0.05) is 185 Å². The van der Waals surface area contributed by atoms with Crippen molar-refractivity contribution in [2.45, 2.75) is 39.5 Å². The predicted molar refractivity (Wildman–Crippen MR) is 264 cm³/mol. The van der Waals surface area contributed by atoms with Crippen LogP contribution in [0.4, 0.5) is 17.1 Å². The molecule has 0 saturated carbocycles. The molecule has 2 heteroatoms. The minimum Gasteiger partial charge on any atom is -0.315 e. The molecule has 2 heterocycles. The lowest BCUT2D eigenvalue weighted by atomic mass is 9.82. The highest BCUT2D eigenvalue weighted by Gasteiger charge is 2.35. The molecule has 0 bridgehead atoms. The van der Waals surface area contributed by atoms with E-state index in [-0.39, 0.29) is 5.41 Å². The molecule has 2 nitrogen and oxygen atoms in total. The second kappa shape index (κ2) is 16.2. The molecule has 62 heavy (non-hydrogen) atoms. The quantitative estimate of drug-likeness (QED) is 0.125. The molecule has 0 spiro atoms. The predicted octanol–water partition coefficient (Wildman–Crippen LogP) is 16.8. The Balaban J connectivity index is 1.04. The van der Waals surface area contributed by atoms with Crippen LogP contribution in [0.1, 0.15) is 50.8 Å². The number of rotatable bonds is 10. The molecule has 0 radical (unpaired) electrons. The lowest BCUT2D eigenvalue weighted by molar-refractivity contribution is 0.660. The first-order chi connectivity index (χ1) is 30.4. The fourth-order valence-electron chi connectivity index (χ4n) is 9.66. The molecule has 9 aromatic rings. The molecule has 7 aromatic carbocycles. The number of benzene rings is 7. The Morgan fingerprint density at radius 2 is 1.06 bits per heavy atom. The minimum atomic E-state index is -0.0999. The third-order valence-corrected chi connectivity index (χ3v) is 12.6. The number of pyridine rings is 1. The fourth-order valence-corrected chi connectivity index (χ4v) is 9.66. The van der Waals surface area contributed by atoms with Crippen molar-refractivity contribution >= 4 is 28.2 Å². The lowest BCUT2D eigenvalue weighted by Crippen LogP contribution is -2.16. The molecule has 0 unspecified atom stereocenters. The molecule has 0 N–H and O–H groups in total. The van der Waals surface area contributed by atoms with Crippen molar-refractivity contribution in [3.63, 3.8) is 0 Å². The Bertz CT molecular complexity index is 3010. The van der Waals surface area contributed by atoms with Crippen LogP contribution in [-0.4, -0.2) is 4.40 Å². The highest BCUT2D eigenvalue weighted by Crippen LogP contribution is 2.51. The molecule has 1 aliphatic carbocycles. The first-order valence-electron chi connectivity index (χ1n) is 21.9. The molecular formula is C60H50N2. The molecule has 0 fully saturated rings. The van der Waals surface area contributed by atoms with Gasteiger partial charge in [0.05, 0.1) is 11.2 Å². The highest BCUT2D eigenvalue weighted by atomic mass is 15.1. The van der Waals surface area contributed by atoms with Crippen molar-refractivity contribution in [2.75, 3.05) is 4.90 Å². The third-order valence-electron chi connectivity index (χ3n) is 12.6. The molecule has 0 aliphatic heterocycles. The monoisotopic (exact) mass is 798 g/mol. The van der Waals surface area contributed by atoms with Gasteiger partial charge in [-0.2, -0.15) is 0 Å². The first kappa shape index (κ1) is 38.8. The van der Waals surface area contributed by atoms with E-state index >= 15 is 0 Å². The number of allylic oxidation sites excluding steroid dienone is 4. The van der Waals surface area contributed by atoms with Gasteiger partial charge >= 0.3 is 0 Å². The topological polar surface area (TPSA) is 7.65 Å². The van der Waals surface area contributed by atoms with Crippen LogP contribution in [0.3, 0.4) is 0 Å². The standard InChI is InChI=1S/C60H50N2/c1-5-17-42(18-6-2)44-30-34-49(35-31-44)62(51-38-39-53-52-23-13-14-24-54(52)60(3,4)55(53)41-51)50-36-32-45(33-37-50)43-26-28-47(29-27-43)58-57(46-19-9-7-10-20-46)56-25-15-16-40-61(56)59(58)48-21-11-8-12-22-48/h5,7-41H,6H2,1-4H3/b17-5-,42-18+. The third kappa shape index (κ3) is 6.79. The summed E-state index contributed by atoms with van der Waals surface area (Å²) in [5.74, 6) is 0. The zero-order valence-electron chi connectivity index (χ0n) is 35.9. The molecule has 2 aromatic heterocycles. The zero-order chi connectivity index (χ0) is 42.2. The molecule has 0 atom stereocenters. The van der Waals surface area contributed by atoms with Gasteiger partial charge in [-0.15, -0.1) is 0 Å². The summed E-state index contributed by atoms with van der Waals surface area (Å²) in [7, 11) is 0. The van der Waals surface area contributed by atoms with Crippen LogP contribution in [0.25, 0.3) is 66.9 Å². The van der Waals surface area contributed by atoms with Crippen LogP contribution >= 0.6 is 0 Å². The van der Waals surface area contributed by atoms with E-state index in [0.29, 0.717) is 0 Å². The second-order valence-electron chi connectivity index (χ2n) is 16.8. The molecule has 10 rings (SSSR count). The molecule has 0 saturated heterocycles. The van der Waals surface area contributed by atoms with Gasteiger partial charge in [0, 0.05) is 39.8 Å². The number of fused-ring (bicyclic) bond motifs is 4. The average Bonchev–Trinajstić information content (AvgIpc) is 3.79. The van der Waals surface area contributed by atoms with Crippen LogP contribution in [0.15, 0.2) is 219 Å². The van der Waals surface area contributed by atoms with Gasteiger partial charge in [0.1, 0.15) is 0 Å². The SMILES string of the molecule is C/C=C\C(=C/CC)c1ccc(N(c2ccc(-c3ccc(-c4c(-c5ccccc5)c5ccccn5c4-c4ccccc4)cc3)cc2)c2ccc3c(c2)C(C)(C)c2ccccc2-3)cc1. The maximum absolute atomic E-state index is 2.41. The van der Waals surface area contributed by atoms with E-state index in [1.54, 1.807) is 0 Å². The van der Waals surface area contributed by atoms with Crippen LogP contribution in [-0.2, 0) is 5.41 Å². The van der Waals surface area contributed by atoms with Gasteiger partial charge in [-0.25, -0.2) is 0 Å². The van der Waals surface area contributed by atoms with E-state index in [9.17, 15) is 0 Å². The van der Waals surface area contributed by atoms with E-state index in [1.165, 1.54) is 83.5 Å². The Morgan fingerprint density at radius 1 is 0.516 bits per heavy atom. The summed E-state index contributed by atoms with van der Waals surface area (Å²) < 4.78 is 2.35. The summed E-state index contributed by atoms with van der Waals surface area (Å²) in [4.78, 5) is 2.41. The van der Waals surface area contributed by atoms with Crippen LogP contribution in [0.5, 0.6) is 0 Å². The average molecular weight is 799 g/mol. The zero-order valence-corrected chi connectivity index (χ0v) is 35.9. The summed E-state index contributed by atoms with van der Waals surface area (Å²) in [5, 5.41) is 0. The van der Waals surface area contributed by atoms with Gasteiger partial charge < -0.3 is 9.30 Å². The molecular weight excluding hydrogens is 749 g/mol. The Hall–Kier alpha value is -7.42. The normalized spacial score (nSPS) is 13.1. The lowest BCUT2D eigenvalue weighted by Gasteiger charge is -2.28. The van der Waals surface area contributed by atoms with Crippen molar-refractivity contribution in [3.05, 3.63) is 235 Å². The van der Waals surface area contributed by atoms with Crippen molar-refractivity contribution in [1.29, 1.82) is 0 Å². The Kier molecular flexibility index (Phi) is 10.1. The highest BCUT2D eigenvalue weighted by molar-refractivity contribution is 6.03. The molecule has 1 aliphatic rings. The molecule has 0 amide bonds. The van der Waals surface area contributed by atoms with Crippen LogP contribution in [0.2, 0.25) is 0 Å². The maximum Gasteiger partial charge on any atom is 0.0613 e. The minimum absolute atomic E-state index is 0.0999. The van der Waals surface area contributed by atoms with Crippen LogP contribution < -0.4 is 4.90 Å². The van der Waals surface area contributed by atoms with Gasteiger partial charge in [-0.3, -0.25) is 0 Å². The number of hydrogen-bond acceptors (Lipinski definition) is 1. The summed E-state index contributed by atoms with van der Waals surface area (Å²) in [6.45, 7) is 8.98. The van der Waals surface area contributed by atoms with Gasteiger partial charge in [0.25, 0.3) is 0 Å². The van der Waals surface area contributed by atoms with Gasteiger partial charge in [-0.05, 0) is 123 Å². The maximum atomic E-state index is 2.41. The van der Waals surface area contributed by atoms with Crippen LogP contribution in [0, 0.1) is 0 Å². The fraction of sp³-hybridized carbons (Fsp3) is 0.100. The van der Waals surface area contributed by atoms with Gasteiger partial charge in [0.15, 0.2) is 0 Å². The first-order valence-corrected chi connectivity index (χ1v) is 21.9. The van der Waals surface area contributed by atoms with Crippen molar-refractivity contribution in [2.24, 2.45) is 0 Å². The number of hydrogen-bond donors (Lipinski definition) is 0. The van der Waals surface area contributed by atoms with Gasteiger partial charge in [0.2, 0.25) is 0 Å². The summed E-state index contributed by atoms with van der Waals surface area (Å²) >= 11 is 0. The Labute approximate surface area is 366 Å². The summed E-state index contributed by atoms with van der Waals surface area (Å²) in [5.41, 5.74) is 22.0. The van der Waals surface area contributed by atoms with E-state index in [1.807, 2.05) is 0 Å². The largest absolute Gasteiger partial charge is 0.315 e. The number of nitrogens with zero attached hydrogens (tertiary/aromatic N) is 2. The Morgan fingerprint density at radius 3 is 1.74 bits per heavy atom. The molecule has 300 valence electrons. The van der Waals surface area contributed by atoms with E-state index < -0.39 is 0 Å². The summed E-state index contributed by atoms with van der Waals surface area (Å²) in [6, 6.07) is 71.2. The number of aromatic nitrogens is 1. The number of anilines is 3. The second-order valence-corrected chi connectivity index (χ2v) is 16.8.